The van der Waals surface area contributed by atoms with Crippen molar-refractivity contribution in [1.82, 2.24) is 4.98 Å². The number of nitrogens with one attached hydrogen (secondary N) is 1. The summed E-state index contributed by atoms with van der Waals surface area (Å²) < 4.78 is 80.3. The molecule has 10 heteroatoms. The summed E-state index contributed by atoms with van der Waals surface area (Å²) in [6, 6.07) is 5.56. The highest BCUT2D eigenvalue weighted by Gasteiger charge is 2.33. The molecule has 0 aliphatic carbocycles. The number of alkyl halides is 3. The fraction of sp³-hybridized carbons (Fsp3) is 0.167. The molecular formula is C18H13F5N2O3. The Morgan fingerprint density at radius 1 is 0.964 bits per heavy atom. The Morgan fingerprint density at radius 3 is 2.21 bits per heavy atom. The van der Waals surface area contributed by atoms with Crippen LogP contribution in [0, 0.1) is 11.6 Å². The molecule has 148 valence electrons. The summed E-state index contributed by atoms with van der Waals surface area (Å²) in [4.78, 5) is 3.94. The number of methoxy groups -OCH3 is 1. The standard InChI is InChI=1S/C18H13F5N2O3/c1-24-9-5-11(19)17(12(20)6-9)27-14-3-4-25-13-8-16(28-18(21,22)23)15(26-2)7-10(13)14/h3-8,24H,1-2H3. The highest BCUT2D eigenvalue weighted by Crippen LogP contribution is 2.40. The molecule has 0 atom stereocenters. The van der Waals surface area contributed by atoms with Crippen molar-refractivity contribution in [3.8, 4) is 23.0 Å². The van der Waals surface area contributed by atoms with Crippen molar-refractivity contribution in [2.45, 2.75) is 6.36 Å². The van der Waals surface area contributed by atoms with Crippen LogP contribution in [0.5, 0.6) is 23.0 Å². The Balaban J connectivity index is 2.08. The maximum Gasteiger partial charge on any atom is 0.573 e. The van der Waals surface area contributed by atoms with E-state index in [1.807, 2.05) is 0 Å². The normalized spacial score (nSPS) is 11.4. The number of hydrogen-bond acceptors (Lipinski definition) is 5. The maximum atomic E-state index is 14.2. The second-order valence-corrected chi connectivity index (χ2v) is 5.50. The fourth-order valence-corrected chi connectivity index (χ4v) is 2.49. The number of anilines is 1. The van der Waals surface area contributed by atoms with Gasteiger partial charge in [0.05, 0.1) is 12.6 Å². The lowest BCUT2D eigenvalue weighted by Gasteiger charge is -2.15. The van der Waals surface area contributed by atoms with Crippen LogP contribution in [0.4, 0.5) is 27.6 Å². The quantitative estimate of drug-likeness (QED) is 0.593. The first kappa shape index (κ1) is 19.5. The van der Waals surface area contributed by atoms with Crippen molar-refractivity contribution in [1.29, 1.82) is 0 Å². The average Bonchev–Trinajstić information content (AvgIpc) is 2.62. The molecule has 1 aromatic heterocycles. The molecule has 0 spiro atoms. The minimum absolute atomic E-state index is 0.0307. The summed E-state index contributed by atoms with van der Waals surface area (Å²) in [5, 5.41) is 2.77. The predicted octanol–water partition coefficient (Wildman–Crippen LogP) is 5.25. The van der Waals surface area contributed by atoms with Crippen molar-refractivity contribution in [2.75, 3.05) is 19.5 Å². The highest BCUT2D eigenvalue weighted by molar-refractivity contribution is 5.88. The molecule has 1 heterocycles. The SMILES string of the molecule is CNc1cc(F)c(Oc2ccnc3cc(OC(F)(F)F)c(OC)cc23)c(F)c1. The Kier molecular flexibility index (Phi) is 5.12. The van der Waals surface area contributed by atoms with Crippen molar-refractivity contribution in [3.63, 3.8) is 0 Å². The minimum Gasteiger partial charge on any atom is -0.493 e. The molecule has 5 nitrogen and oxygen atoms in total. The van der Waals surface area contributed by atoms with Crippen molar-refractivity contribution in [2.24, 2.45) is 0 Å². The molecular weight excluding hydrogens is 387 g/mol. The first-order chi connectivity index (χ1) is 13.2. The molecule has 0 saturated carbocycles. The number of rotatable bonds is 5. The topological polar surface area (TPSA) is 52.6 Å². The number of ether oxygens (including phenoxy) is 3. The van der Waals surface area contributed by atoms with Crippen LogP contribution in [0.25, 0.3) is 10.9 Å². The van der Waals surface area contributed by atoms with E-state index in [0.29, 0.717) is 0 Å². The van der Waals surface area contributed by atoms with E-state index in [4.69, 9.17) is 9.47 Å². The zero-order chi connectivity index (χ0) is 20.5. The van der Waals surface area contributed by atoms with Crippen molar-refractivity contribution < 1.29 is 36.2 Å². The second kappa shape index (κ2) is 7.37. The number of hydrogen-bond donors (Lipinski definition) is 1. The van der Waals surface area contributed by atoms with Crippen LogP contribution in [0.3, 0.4) is 0 Å². The number of fused-ring (bicyclic) bond motifs is 1. The summed E-state index contributed by atoms with van der Waals surface area (Å²) in [6.07, 6.45) is -3.71. The van der Waals surface area contributed by atoms with E-state index in [0.717, 1.165) is 25.3 Å². The number of halogens is 5. The Bertz CT molecular complexity index is 1000. The minimum atomic E-state index is -4.93. The Hall–Kier alpha value is -3.30. The van der Waals surface area contributed by atoms with Crippen LogP contribution in [-0.4, -0.2) is 25.5 Å². The molecule has 0 fully saturated rings. The van der Waals surface area contributed by atoms with Gasteiger partial charge in [-0.2, -0.15) is 0 Å². The number of benzene rings is 2. The van der Waals surface area contributed by atoms with Crippen LogP contribution in [0.1, 0.15) is 0 Å². The third kappa shape index (κ3) is 4.00. The van der Waals surface area contributed by atoms with E-state index < -0.39 is 29.5 Å². The van der Waals surface area contributed by atoms with Crippen LogP contribution >= 0.6 is 0 Å². The van der Waals surface area contributed by atoms with Gasteiger partial charge in [-0.3, -0.25) is 4.98 Å². The Morgan fingerprint density at radius 2 is 1.64 bits per heavy atom. The summed E-state index contributed by atoms with van der Waals surface area (Å²) in [5.74, 6) is -3.48. The maximum absolute atomic E-state index is 14.2. The molecule has 0 aliphatic rings. The van der Waals surface area contributed by atoms with Gasteiger partial charge < -0.3 is 19.5 Å². The van der Waals surface area contributed by atoms with Gasteiger partial charge in [-0.15, -0.1) is 13.2 Å². The predicted molar refractivity (Wildman–Crippen MR) is 91.0 cm³/mol. The molecule has 3 rings (SSSR count). The van der Waals surface area contributed by atoms with Crippen molar-refractivity contribution in [3.05, 3.63) is 48.2 Å². The van der Waals surface area contributed by atoms with E-state index in [9.17, 15) is 22.0 Å². The second-order valence-electron chi connectivity index (χ2n) is 5.50. The number of nitrogens with zero attached hydrogens (tertiary/aromatic N) is 1. The van der Waals surface area contributed by atoms with Crippen LogP contribution in [-0.2, 0) is 0 Å². The van der Waals surface area contributed by atoms with E-state index in [-0.39, 0.29) is 28.1 Å². The number of pyridine rings is 1. The van der Waals surface area contributed by atoms with Gasteiger partial charge in [-0.05, 0) is 12.1 Å². The van der Waals surface area contributed by atoms with E-state index in [2.05, 4.69) is 15.0 Å². The average molecular weight is 400 g/mol. The van der Waals surface area contributed by atoms with Crippen LogP contribution in [0.15, 0.2) is 36.5 Å². The number of aromatic nitrogens is 1. The lowest BCUT2D eigenvalue weighted by Crippen LogP contribution is -2.17. The Labute approximate surface area is 155 Å². The van der Waals surface area contributed by atoms with Crippen LogP contribution in [0.2, 0.25) is 0 Å². The smallest absolute Gasteiger partial charge is 0.493 e. The van der Waals surface area contributed by atoms with E-state index >= 15 is 0 Å². The first-order valence-corrected chi connectivity index (χ1v) is 7.79. The summed E-state index contributed by atoms with van der Waals surface area (Å²) in [7, 11) is 2.65. The molecule has 0 aliphatic heterocycles. The third-order valence-corrected chi connectivity index (χ3v) is 3.71. The summed E-state index contributed by atoms with van der Waals surface area (Å²) in [5.41, 5.74) is 0.253. The van der Waals surface area contributed by atoms with Crippen molar-refractivity contribution >= 4 is 16.6 Å². The highest BCUT2D eigenvalue weighted by atomic mass is 19.4. The third-order valence-electron chi connectivity index (χ3n) is 3.71. The molecule has 0 radical (unpaired) electrons. The molecule has 0 bridgehead atoms. The largest absolute Gasteiger partial charge is 0.573 e. The summed E-state index contributed by atoms with van der Waals surface area (Å²) >= 11 is 0. The van der Waals surface area contributed by atoms with Gasteiger partial charge in [0.2, 0.25) is 0 Å². The molecule has 0 amide bonds. The van der Waals surface area contributed by atoms with Gasteiger partial charge in [0.1, 0.15) is 5.75 Å². The molecule has 3 aromatic rings. The zero-order valence-corrected chi connectivity index (χ0v) is 14.5. The van der Waals surface area contributed by atoms with E-state index in [1.54, 1.807) is 0 Å². The van der Waals surface area contributed by atoms with Gasteiger partial charge in [0.25, 0.3) is 0 Å². The molecule has 28 heavy (non-hydrogen) atoms. The first-order valence-electron chi connectivity index (χ1n) is 7.79. The van der Waals surface area contributed by atoms with Gasteiger partial charge >= 0.3 is 6.36 Å². The molecule has 2 aromatic carbocycles. The van der Waals surface area contributed by atoms with Gasteiger partial charge in [-0.1, -0.05) is 0 Å². The molecule has 0 saturated heterocycles. The van der Waals surface area contributed by atoms with Gasteiger partial charge in [0, 0.05) is 42.5 Å². The van der Waals surface area contributed by atoms with Gasteiger partial charge in [-0.25, -0.2) is 8.78 Å². The summed E-state index contributed by atoms with van der Waals surface area (Å²) in [6.45, 7) is 0. The lowest BCUT2D eigenvalue weighted by molar-refractivity contribution is -0.275. The monoisotopic (exact) mass is 400 g/mol. The van der Waals surface area contributed by atoms with Crippen LogP contribution < -0.4 is 19.5 Å². The zero-order valence-electron chi connectivity index (χ0n) is 14.5. The van der Waals surface area contributed by atoms with E-state index in [1.165, 1.54) is 25.4 Å². The lowest BCUT2D eigenvalue weighted by atomic mass is 10.1. The fourth-order valence-electron chi connectivity index (χ4n) is 2.49. The molecule has 0 unspecified atom stereocenters. The molecule has 1 N–H and O–H groups in total. The van der Waals surface area contributed by atoms with Gasteiger partial charge in [0.15, 0.2) is 28.9 Å².